The van der Waals surface area contributed by atoms with Crippen molar-refractivity contribution in [3.8, 4) is 17.1 Å². The number of benzene rings is 3. The number of phenols is 1. The van der Waals surface area contributed by atoms with Crippen molar-refractivity contribution in [3.05, 3.63) is 94.2 Å². The van der Waals surface area contributed by atoms with Crippen molar-refractivity contribution in [2.75, 3.05) is 0 Å². The van der Waals surface area contributed by atoms with Gasteiger partial charge in [-0.3, -0.25) is 14.9 Å². The van der Waals surface area contributed by atoms with Gasteiger partial charge in [-0.2, -0.15) is 5.10 Å². The van der Waals surface area contributed by atoms with Crippen molar-refractivity contribution in [1.82, 2.24) is 5.43 Å². The number of carbonyl (C=O) groups excluding carboxylic acids is 1. The van der Waals surface area contributed by atoms with Gasteiger partial charge in [-0.25, -0.2) is 5.43 Å². The lowest BCUT2D eigenvalue weighted by molar-refractivity contribution is -0.384. The van der Waals surface area contributed by atoms with E-state index in [2.05, 4.69) is 10.5 Å². The first-order chi connectivity index (χ1) is 14.5. The Morgan fingerprint density at radius 1 is 1.03 bits per heavy atom. The van der Waals surface area contributed by atoms with Crippen molar-refractivity contribution < 1.29 is 19.2 Å². The highest BCUT2D eigenvalue weighted by molar-refractivity contribution is 6.01. The summed E-state index contributed by atoms with van der Waals surface area (Å²) in [7, 11) is 0. The number of nitro benzene ring substituents is 1. The maximum absolute atomic E-state index is 12.4. The largest absolute Gasteiger partial charge is 0.507 e. The first-order valence-electron chi connectivity index (χ1n) is 8.92. The maximum atomic E-state index is 12.4. The third-order valence-corrected chi connectivity index (χ3v) is 4.46. The van der Waals surface area contributed by atoms with Gasteiger partial charge in [0.05, 0.1) is 22.3 Å². The first kappa shape index (κ1) is 18.9. The van der Waals surface area contributed by atoms with E-state index in [9.17, 15) is 20.0 Å². The predicted molar refractivity (Wildman–Crippen MR) is 111 cm³/mol. The van der Waals surface area contributed by atoms with Crippen LogP contribution in [0.5, 0.6) is 5.75 Å². The van der Waals surface area contributed by atoms with Crippen molar-refractivity contribution in [1.29, 1.82) is 0 Å². The molecule has 0 aliphatic carbocycles. The second-order valence-electron chi connectivity index (χ2n) is 6.39. The summed E-state index contributed by atoms with van der Waals surface area (Å²) in [6, 6.07) is 19.8. The van der Waals surface area contributed by atoms with Crippen LogP contribution < -0.4 is 5.43 Å². The van der Waals surface area contributed by atoms with Gasteiger partial charge in [0.2, 0.25) is 0 Å². The number of fused-ring (bicyclic) bond motifs is 1. The zero-order chi connectivity index (χ0) is 21.1. The smallest absolute Gasteiger partial charge is 0.280 e. The highest BCUT2D eigenvalue weighted by Gasteiger charge is 2.17. The van der Waals surface area contributed by atoms with Crippen LogP contribution in [0.25, 0.3) is 22.1 Å². The number of hydrazone groups is 1. The number of nitrogens with zero attached hydrogens (tertiary/aromatic N) is 2. The van der Waals surface area contributed by atoms with E-state index < -0.39 is 10.8 Å². The fraction of sp³-hybridized carbons (Fsp3) is 0. The van der Waals surface area contributed by atoms with E-state index in [0.29, 0.717) is 17.1 Å². The molecule has 30 heavy (non-hydrogen) atoms. The molecule has 2 N–H and O–H groups in total. The molecule has 3 aromatic carbocycles. The van der Waals surface area contributed by atoms with Gasteiger partial charge < -0.3 is 9.52 Å². The molecular weight excluding hydrogens is 386 g/mol. The summed E-state index contributed by atoms with van der Waals surface area (Å²) in [6.07, 6.45) is 1.27. The quantitative estimate of drug-likeness (QED) is 0.290. The number of para-hydroxylation sites is 1. The number of hydrogen-bond donors (Lipinski definition) is 2. The van der Waals surface area contributed by atoms with Crippen molar-refractivity contribution in [3.63, 3.8) is 0 Å². The van der Waals surface area contributed by atoms with E-state index in [0.717, 1.165) is 10.8 Å². The Morgan fingerprint density at radius 2 is 1.73 bits per heavy atom. The first-order valence-corrected chi connectivity index (χ1v) is 8.92. The van der Waals surface area contributed by atoms with E-state index in [1.807, 2.05) is 24.3 Å². The number of furan rings is 1. The second kappa shape index (κ2) is 7.88. The zero-order valence-electron chi connectivity index (χ0n) is 15.5. The molecule has 4 rings (SSSR count). The van der Waals surface area contributed by atoms with Crippen LogP contribution in [-0.4, -0.2) is 22.2 Å². The molecule has 1 aromatic heterocycles. The molecule has 0 fully saturated rings. The lowest BCUT2D eigenvalue weighted by Crippen LogP contribution is -2.17. The lowest BCUT2D eigenvalue weighted by atomic mass is 10.1. The van der Waals surface area contributed by atoms with Gasteiger partial charge in [-0.15, -0.1) is 0 Å². The third kappa shape index (κ3) is 3.74. The number of aromatic hydroxyl groups is 1. The number of nitro groups is 1. The van der Waals surface area contributed by atoms with E-state index in [-0.39, 0.29) is 17.0 Å². The minimum atomic E-state index is -0.583. The molecular formula is C22H15N3O5. The molecule has 0 saturated heterocycles. The fourth-order valence-electron chi connectivity index (χ4n) is 3.03. The Balaban J connectivity index is 1.50. The molecule has 4 aromatic rings. The molecule has 8 nitrogen and oxygen atoms in total. The van der Waals surface area contributed by atoms with Crippen LogP contribution in [0.2, 0.25) is 0 Å². The van der Waals surface area contributed by atoms with Crippen LogP contribution in [-0.2, 0) is 0 Å². The van der Waals surface area contributed by atoms with Gasteiger partial charge in [0.25, 0.3) is 11.6 Å². The van der Waals surface area contributed by atoms with Gasteiger partial charge in [0.1, 0.15) is 17.3 Å². The molecule has 0 aliphatic heterocycles. The van der Waals surface area contributed by atoms with E-state index in [1.165, 1.54) is 18.3 Å². The molecule has 0 radical (unpaired) electrons. The lowest BCUT2D eigenvalue weighted by Gasteiger charge is -2.05. The molecule has 8 heteroatoms. The molecule has 0 saturated carbocycles. The molecule has 0 bridgehead atoms. The Bertz CT molecular complexity index is 1290. The number of nitrogens with one attached hydrogen (secondary N) is 1. The monoisotopic (exact) mass is 401 g/mol. The Morgan fingerprint density at radius 3 is 2.50 bits per heavy atom. The van der Waals surface area contributed by atoms with Crippen LogP contribution in [0.3, 0.4) is 0 Å². The standard InChI is InChI=1S/C22H15N3O5/c26-20-12-15-6-2-1-5-14(15)11-18(20)22(27)24-23-13-16-9-10-21(30-16)17-7-3-4-8-19(17)25(28)29/h1-13,26H,(H,24,27)/b23-13+. The number of rotatable bonds is 5. The zero-order valence-corrected chi connectivity index (χ0v) is 15.5. The van der Waals surface area contributed by atoms with Crippen molar-refractivity contribution >= 4 is 28.6 Å². The van der Waals surface area contributed by atoms with E-state index in [1.54, 1.807) is 36.4 Å². The predicted octanol–water partition coefficient (Wildman–Crippen LogP) is 4.48. The molecule has 0 aliphatic rings. The number of carbonyl (C=O) groups is 1. The molecule has 148 valence electrons. The number of amides is 1. The highest BCUT2D eigenvalue weighted by Crippen LogP contribution is 2.30. The summed E-state index contributed by atoms with van der Waals surface area (Å²) < 4.78 is 5.58. The van der Waals surface area contributed by atoms with E-state index in [4.69, 9.17) is 4.42 Å². The minimum absolute atomic E-state index is 0.0737. The van der Waals surface area contributed by atoms with Crippen LogP contribution in [0, 0.1) is 10.1 Å². The van der Waals surface area contributed by atoms with Crippen LogP contribution in [0.15, 0.2) is 82.3 Å². The molecule has 0 spiro atoms. The van der Waals surface area contributed by atoms with Crippen LogP contribution in [0.1, 0.15) is 16.1 Å². The Hall–Kier alpha value is -4.46. The summed E-state index contributed by atoms with van der Waals surface area (Å²) in [5, 5.41) is 26.7. The third-order valence-electron chi connectivity index (χ3n) is 4.46. The van der Waals surface area contributed by atoms with Crippen molar-refractivity contribution in [2.24, 2.45) is 5.10 Å². The summed E-state index contributed by atoms with van der Waals surface area (Å²) >= 11 is 0. The summed E-state index contributed by atoms with van der Waals surface area (Å²) in [5.74, 6) is -0.133. The van der Waals surface area contributed by atoms with Crippen molar-refractivity contribution in [2.45, 2.75) is 0 Å². The Kier molecular flexibility index (Phi) is 4.96. The SMILES string of the molecule is O=C(N/N=C/c1ccc(-c2ccccc2[N+](=O)[O-])o1)c1cc2ccccc2cc1O. The average molecular weight is 401 g/mol. The highest BCUT2D eigenvalue weighted by atomic mass is 16.6. The van der Waals surface area contributed by atoms with Gasteiger partial charge in [0, 0.05) is 6.07 Å². The number of hydrogen-bond acceptors (Lipinski definition) is 6. The fourth-order valence-corrected chi connectivity index (χ4v) is 3.03. The Labute approximate surface area is 170 Å². The van der Waals surface area contributed by atoms with Gasteiger partial charge in [-0.05, 0) is 41.1 Å². The van der Waals surface area contributed by atoms with Gasteiger partial charge >= 0.3 is 0 Å². The molecule has 0 atom stereocenters. The van der Waals surface area contributed by atoms with E-state index >= 15 is 0 Å². The topological polar surface area (TPSA) is 118 Å². The van der Waals surface area contributed by atoms with Gasteiger partial charge in [0.15, 0.2) is 0 Å². The van der Waals surface area contributed by atoms with Crippen LogP contribution in [0.4, 0.5) is 5.69 Å². The summed E-state index contributed by atoms with van der Waals surface area (Å²) in [6.45, 7) is 0. The summed E-state index contributed by atoms with van der Waals surface area (Å²) in [5.41, 5.74) is 2.69. The normalized spacial score (nSPS) is 11.1. The number of phenolic OH excluding ortho intramolecular Hbond substituents is 1. The maximum Gasteiger partial charge on any atom is 0.280 e. The van der Waals surface area contributed by atoms with Gasteiger partial charge in [-0.1, -0.05) is 36.4 Å². The molecule has 1 amide bonds. The second-order valence-corrected chi connectivity index (χ2v) is 6.39. The molecule has 0 unspecified atom stereocenters. The van der Waals surface area contributed by atoms with Crippen LogP contribution >= 0.6 is 0 Å². The average Bonchev–Trinajstić information content (AvgIpc) is 3.22. The molecule has 1 heterocycles. The summed E-state index contributed by atoms with van der Waals surface area (Å²) in [4.78, 5) is 23.0. The minimum Gasteiger partial charge on any atom is -0.507 e.